The minimum atomic E-state index is -1.16. The van der Waals surface area contributed by atoms with Crippen LogP contribution in [0.3, 0.4) is 0 Å². The zero-order valence-electron chi connectivity index (χ0n) is 23.3. The van der Waals surface area contributed by atoms with Crippen LogP contribution in [0.5, 0.6) is 0 Å². The molecule has 0 radical (unpaired) electrons. The second-order valence-electron chi connectivity index (χ2n) is 11.5. The lowest BCUT2D eigenvalue weighted by atomic mass is 9.84. The number of rotatable bonds is 14. The molecular formula is C25H45N5O7. The fourth-order valence-electron chi connectivity index (χ4n) is 3.27. The van der Waals surface area contributed by atoms with Gasteiger partial charge in [-0.25, -0.2) is 4.79 Å². The lowest BCUT2D eigenvalue weighted by molar-refractivity contribution is -0.139. The first-order chi connectivity index (χ1) is 16.8. The Kier molecular flexibility index (Phi) is 13.3. The molecule has 7 N–H and O–H groups in total. The molecule has 0 fully saturated rings. The van der Waals surface area contributed by atoms with Gasteiger partial charge in [0.2, 0.25) is 17.7 Å². The molecule has 212 valence electrons. The molecule has 0 saturated carbocycles. The van der Waals surface area contributed by atoms with Crippen LogP contribution in [-0.2, 0) is 24.0 Å². The summed E-state index contributed by atoms with van der Waals surface area (Å²) in [6.45, 7) is 13.8. The van der Waals surface area contributed by atoms with Gasteiger partial charge in [0.25, 0.3) is 0 Å². The van der Waals surface area contributed by atoms with E-state index in [9.17, 15) is 28.8 Å². The number of urea groups is 1. The topological polar surface area (TPSA) is 197 Å². The summed E-state index contributed by atoms with van der Waals surface area (Å²) in [5, 5.41) is 19.4. The van der Waals surface area contributed by atoms with Crippen LogP contribution in [0.2, 0.25) is 0 Å². The molecule has 0 aromatic heterocycles. The van der Waals surface area contributed by atoms with Gasteiger partial charge in [-0.3, -0.25) is 24.0 Å². The molecule has 37 heavy (non-hydrogen) atoms. The van der Waals surface area contributed by atoms with E-state index in [-0.39, 0.29) is 37.5 Å². The van der Waals surface area contributed by atoms with E-state index in [1.54, 1.807) is 55.4 Å². The van der Waals surface area contributed by atoms with E-state index in [2.05, 4.69) is 21.3 Å². The van der Waals surface area contributed by atoms with E-state index < -0.39 is 58.7 Å². The standard InChI is InChI=1S/C25H45N5O7/c1-14(2)18(30-20(34)16(11-12-17(31)32)29-22(36)25(6,7)8)21(35)28-15(19(33)24(3,4)5)10-9-13-27-23(26)37/h14-16,18H,9-13H2,1-8H3,(H,28,35)(H,29,36)(H,30,34)(H,31,32)(H3,26,27,37)/t15-,16-,18-/m0/s1. The Labute approximate surface area is 219 Å². The second-order valence-corrected chi connectivity index (χ2v) is 11.5. The molecule has 0 saturated heterocycles. The normalized spacial score (nSPS) is 14.2. The summed E-state index contributed by atoms with van der Waals surface area (Å²) in [4.78, 5) is 73.8. The highest BCUT2D eigenvalue weighted by Gasteiger charge is 2.35. The van der Waals surface area contributed by atoms with Crippen molar-refractivity contribution in [1.82, 2.24) is 21.3 Å². The van der Waals surface area contributed by atoms with Crippen molar-refractivity contribution >= 4 is 35.5 Å². The molecule has 0 aliphatic rings. The summed E-state index contributed by atoms with van der Waals surface area (Å²) >= 11 is 0. The highest BCUT2D eigenvalue weighted by Crippen LogP contribution is 2.20. The monoisotopic (exact) mass is 527 g/mol. The molecule has 0 heterocycles. The van der Waals surface area contributed by atoms with Crippen molar-refractivity contribution in [2.45, 2.75) is 99.2 Å². The molecule has 0 aromatic rings. The fourth-order valence-corrected chi connectivity index (χ4v) is 3.27. The number of hydrogen-bond acceptors (Lipinski definition) is 6. The van der Waals surface area contributed by atoms with E-state index in [1.807, 2.05) is 0 Å². The van der Waals surface area contributed by atoms with Gasteiger partial charge in [0, 0.05) is 23.8 Å². The number of nitrogens with one attached hydrogen (secondary N) is 4. The zero-order valence-corrected chi connectivity index (χ0v) is 23.3. The second kappa shape index (κ2) is 14.5. The van der Waals surface area contributed by atoms with Crippen molar-refractivity contribution in [3.8, 4) is 0 Å². The van der Waals surface area contributed by atoms with Gasteiger partial charge < -0.3 is 32.1 Å². The molecule has 0 aliphatic heterocycles. The van der Waals surface area contributed by atoms with Crippen molar-refractivity contribution in [2.24, 2.45) is 22.5 Å². The van der Waals surface area contributed by atoms with Crippen molar-refractivity contribution in [3.05, 3.63) is 0 Å². The average molecular weight is 528 g/mol. The lowest BCUT2D eigenvalue weighted by Gasteiger charge is -2.30. The van der Waals surface area contributed by atoms with Crippen LogP contribution < -0.4 is 27.0 Å². The number of nitrogens with two attached hydrogens (primary N) is 1. The molecule has 0 aliphatic carbocycles. The van der Waals surface area contributed by atoms with E-state index >= 15 is 0 Å². The van der Waals surface area contributed by atoms with Crippen LogP contribution in [0.15, 0.2) is 0 Å². The van der Waals surface area contributed by atoms with E-state index in [0.717, 1.165) is 0 Å². The predicted octanol–water partition coefficient (Wildman–Crippen LogP) is 1.07. The Bertz CT molecular complexity index is 843. The third kappa shape index (κ3) is 13.1. The third-order valence-corrected chi connectivity index (χ3v) is 5.54. The summed E-state index contributed by atoms with van der Waals surface area (Å²) < 4.78 is 0. The quantitative estimate of drug-likeness (QED) is 0.182. The third-order valence-electron chi connectivity index (χ3n) is 5.54. The van der Waals surface area contributed by atoms with Crippen molar-refractivity contribution in [2.75, 3.05) is 6.54 Å². The summed E-state index contributed by atoms with van der Waals surface area (Å²) in [6, 6.07) is -3.78. The van der Waals surface area contributed by atoms with Gasteiger partial charge in [0.1, 0.15) is 12.1 Å². The largest absolute Gasteiger partial charge is 0.481 e. The maximum Gasteiger partial charge on any atom is 0.312 e. The smallest absolute Gasteiger partial charge is 0.312 e. The van der Waals surface area contributed by atoms with Crippen LogP contribution in [0.4, 0.5) is 4.79 Å². The van der Waals surface area contributed by atoms with Crippen LogP contribution in [0.1, 0.15) is 81.1 Å². The van der Waals surface area contributed by atoms with Gasteiger partial charge in [-0.2, -0.15) is 0 Å². The highest BCUT2D eigenvalue weighted by atomic mass is 16.4. The molecule has 0 spiro atoms. The zero-order chi connectivity index (χ0) is 29.1. The summed E-state index contributed by atoms with van der Waals surface area (Å²) in [7, 11) is 0. The number of carbonyl (C=O) groups excluding carboxylic acids is 5. The van der Waals surface area contributed by atoms with Gasteiger partial charge >= 0.3 is 12.0 Å². The first kappa shape index (κ1) is 33.8. The molecule has 0 bridgehead atoms. The lowest BCUT2D eigenvalue weighted by Crippen LogP contribution is -2.58. The number of carboxylic acid groups (broad SMARTS) is 1. The molecule has 0 aromatic carbocycles. The predicted molar refractivity (Wildman–Crippen MR) is 138 cm³/mol. The minimum absolute atomic E-state index is 0.159. The molecule has 5 amide bonds. The number of carboxylic acids is 1. The summed E-state index contributed by atoms with van der Waals surface area (Å²) in [6.07, 6.45) is 0.101. The molecule has 0 rings (SSSR count). The number of hydrogen-bond donors (Lipinski definition) is 6. The van der Waals surface area contributed by atoms with Crippen LogP contribution in [0, 0.1) is 16.7 Å². The summed E-state index contributed by atoms with van der Waals surface area (Å²) in [5.74, 6) is -3.46. The minimum Gasteiger partial charge on any atom is -0.481 e. The fraction of sp³-hybridized carbons (Fsp3) is 0.760. The summed E-state index contributed by atoms with van der Waals surface area (Å²) in [5.41, 5.74) is 3.49. The van der Waals surface area contributed by atoms with Crippen LogP contribution in [0.25, 0.3) is 0 Å². The van der Waals surface area contributed by atoms with Gasteiger partial charge in [-0.05, 0) is 25.2 Å². The van der Waals surface area contributed by atoms with Crippen molar-refractivity contribution in [3.63, 3.8) is 0 Å². The highest BCUT2D eigenvalue weighted by molar-refractivity contribution is 5.96. The van der Waals surface area contributed by atoms with Gasteiger partial charge in [-0.15, -0.1) is 0 Å². The number of amides is 5. The average Bonchev–Trinajstić information content (AvgIpc) is 2.73. The van der Waals surface area contributed by atoms with E-state index in [4.69, 9.17) is 10.8 Å². The van der Waals surface area contributed by atoms with Crippen molar-refractivity contribution < 1.29 is 33.9 Å². The maximum atomic E-state index is 13.2. The molecule has 3 atom stereocenters. The van der Waals surface area contributed by atoms with Crippen LogP contribution in [-0.4, -0.2) is 65.3 Å². The Morgan fingerprint density at radius 2 is 1.35 bits per heavy atom. The SMILES string of the molecule is CC(C)[C@H](NC(=O)[C@H](CCC(=O)O)NC(=O)C(C)(C)C)C(=O)N[C@@H](CCCNC(N)=O)C(=O)C(C)(C)C. The molecular weight excluding hydrogens is 482 g/mol. The Morgan fingerprint density at radius 3 is 1.78 bits per heavy atom. The van der Waals surface area contributed by atoms with Gasteiger partial charge in [0.05, 0.1) is 6.04 Å². The first-order valence-electron chi connectivity index (χ1n) is 12.5. The van der Waals surface area contributed by atoms with Crippen LogP contribution >= 0.6 is 0 Å². The number of ketones is 1. The van der Waals surface area contributed by atoms with E-state index in [1.165, 1.54) is 0 Å². The van der Waals surface area contributed by atoms with Gasteiger partial charge in [0.15, 0.2) is 5.78 Å². The first-order valence-corrected chi connectivity index (χ1v) is 12.5. The maximum absolute atomic E-state index is 13.2. The number of Topliss-reactive ketones (excluding diaryl/α,β-unsaturated/α-hetero) is 1. The Hall–Kier alpha value is -3.18. The Morgan fingerprint density at radius 1 is 0.784 bits per heavy atom. The number of carbonyl (C=O) groups is 6. The van der Waals surface area contributed by atoms with E-state index in [0.29, 0.717) is 6.42 Å². The van der Waals surface area contributed by atoms with Gasteiger partial charge in [-0.1, -0.05) is 55.4 Å². The number of aliphatic carboxylic acids is 1. The molecule has 12 heteroatoms. The van der Waals surface area contributed by atoms with Crippen molar-refractivity contribution in [1.29, 1.82) is 0 Å². The molecule has 12 nitrogen and oxygen atoms in total. The number of primary amides is 1. The molecule has 0 unspecified atom stereocenters. The Balaban J connectivity index is 5.69.